The van der Waals surface area contributed by atoms with Crippen LogP contribution in [-0.4, -0.2) is 91.3 Å². The van der Waals surface area contributed by atoms with Crippen molar-refractivity contribution in [3.63, 3.8) is 0 Å². The number of fused-ring (bicyclic) bond motifs is 1. The lowest BCUT2D eigenvalue weighted by atomic mass is 9.80. The molecule has 4 aromatic carbocycles. The van der Waals surface area contributed by atoms with E-state index in [0.29, 0.717) is 17.1 Å². The van der Waals surface area contributed by atoms with E-state index >= 15 is 4.39 Å². The van der Waals surface area contributed by atoms with Crippen LogP contribution in [0, 0.1) is 17.1 Å². The second-order valence-electron chi connectivity index (χ2n) is 19.5. The standard InChI is InChI=1S/C54H66FN6O8PSi/c1-36(2)61(37(3)4)70(66-32-18-31-56)68-47-45(34-65-54(39-21-16-13-17-22-39,40-23-27-42(63-8)28-24-40)41-25-29-43(64-9)30-26-41)67-52(48(47)69-71(10,11)53(5,6)7)60-33-44(55)46-49(57-35-58-50(46)60)59-51(62)38-19-14-12-15-20-38/h12-17,19-30,33,35-37,45,47-48,52H,18,32,34H2,1-11H3,(H,57,58,59,62)/t45-,47-,48-,52-,70?/m1/s1. The molecule has 1 N–H and O–H groups in total. The number of hydrogen-bond donors (Lipinski definition) is 1. The van der Waals surface area contributed by atoms with Gasteiger partial charge >= 0.3 is 0 Å². The molecule has 1 aliphatic heterocycles. The van der Waals surface area contributed by atoms with E-state index in [2.05, 4.69) is 87.6 Å². The summed E-state index contributed by atoms with van der Waals surface area (Å²) in [7, 11) is -1.38. The molecule has 0 spiro atoms. The van der Waals surface area contributed by atoms with Crippen molar-refractivity contribution >= 4 is 39.6 Å². The van der Waals surface area contributed by atoms with E-state index in [0.717, 1.165) is 16.7 Å². The number of carbonyl (C=O) groups is 1. The van der Waals surface area contributed by atoms with Crippen molar-refractivity contribution < 1.29 is 41.6 Å². The molecule has 0 bridgehead atoms. The fourth-order valence-corrected chi connectivity index (χ4v) is 11.7. The van der Waals surface area contributed by atoms with E-state index in [4.69, 9.17) is 32.4 Å². The first kappa shape index (κ1) is 53.2. The minimum Gasteiger partial charge on any atom is -0.497 e. The highest BCUT2D eigenvalue weighted by Gasteiger charge is 2.54. The van der Waals surface area contributed by atoms with Crippen LogP contribution < -0.4 is 14.8 Å². The van der Waals surface area contributed by atoms with Gasteiger partial charge in [0, 0.05) is 23.8 Å². The van der Waals surface area contributed by atoms with Crippen molar-refractivity contribution in [3.05, 3.63) is 150 Å². The maximum Gasteiger partial charge on any atom is 0.259 e. The Hall–Kier alpha value is -5.60. The first-order valence-electron chi connectivity index (χ1n) is 23.9. The van der Waals surface area contributed by atoms with Crippen LogP contribution in [0.5, 0.6) is 11.5 Å². The normalized spacial score (nSPS) is 18.0. The maximum absolute atomic E-state index is 16.8. The molecule has 7 rings (SSSR count). The van der Waals surface area contributed by atoms with E-state index in [1.807, 2.05) is 84.9 Å². The Kier molecular flexibility index (Phi) is 17.1. The van der Waals surface area contributed by atoms with Crippen LogP contribution in [0.3, 0.4) is 0 Å². The van der Waals surface area contributed by atoms with E-state index < -0.39 is 58.7 Å². The average Bonchev–Trinajstić information content (AvgIpc) is 3.87. The molecule has 14 nitrogen and oxygen atoms in total. The number of anilines is 1. The number of hydrogen-bond acceptors (Lipinski definition) is 12. The number of methoxy groups -OCH3 is 2. The van der Waals surface area contributed by atoms with E-state index in [9.17, 15) is 10.1 Å². The topological polar surface area (TPSA) is 151 Å². The molecule has 2 aromatic heterocycles. The molecule has 5 atom stereocenters. The Labute approximate surface area is 419 Å². The fraction of sp³-hybridized carbons (Fsp3) is 0.407. The summed E-state index contributed by atoms with van der Waals surface area (Å²) in [6.07, 6.45) is -1.04. The zero-order chi connectivity index (χ0) is 51.1. The number of aromatic nitrogens is 3. The van der Waals surface area contributed by atoms with Crippen molar-refractivity contribution in [3.8, 4) is 17.6 Å². The smallest absolute Gasteiger partial charge is 0.259 e. The molecule has 3 heterocycles. The number of benzene rings is 4. The van der Waals surface area contributed by atoms with Crippen LogP contribution in [0.2, 0.25) is 18.1 Å². The minimum absolute atomic E-state index is 0.00129. The van der Waals surface area contributed by atoms with Gasteiger partial charge in [-0.05, 0) is 98.9 Å². The Morgan fingerprint density at radius 2 is 1.42 bits per heavy atom. The second kappa shape index (κ2) is 22.9. The molecule has 1 unspecified atom stereocenters. The number of rotatable bonds is 21. The van der Waals surface area contributed by atoms with Crippen molar-refractivity contribution in [1.29, 1.82) is 5.26 Å². The fourth-order valence-electron chi connectivity index (χ4n) is 8.61. The van der Waals surface area contributed by atoms with Gasteiger partial charge in [0.2, 0.25) is 0 Å². The number of ether oxygens (including phenoxy) is 4. The summed E-state index contributed by atoms with van der Waals surface area (Å²) in [5.41, 5.74) is 1.76. The third kappa shape index (κ3) is 11.5. The van der Waals surface area contributed by atoms with E-state index in [1.165, 1.54) is 12.5 Å². The van der Waals surface area contributed by atoms with Gasteiger partial charge in [0.15, 0.2) is 26.0 Å². The van der Waals surface area contributed by atoms with Crippen molar-refractivity contribution in [2.45, 2.75) is 115 Å². The number of carbonyl (C=O) groups excluding carboxylic acids is 1. The first-order valence-corrected chi connectivity index (χ1v) is 27.9. The molecule has 1 fully saturated rings. The van der Waals surface area contributed by atoms with E-state index in [1.54, 1.807) is 43.1 Å². The van der Waals surface area contributed by atoms with Crippen LogP contribution in [0.1, 0.15) is 88.2 Å². The molecular formula is C54H66FN6O8PSi. The first-order chi connectivity index (χ1) is 33.9. The van der Waals surface area contributed by atoms with Gasteiger partial charge in [0.05, 0.1) is 45.3 Å². The third-order valence-corrected chi connectivity index (χ3v) is 19.7. The zero-order valence-electron chi connectivity index (χ0n) is 42.5. The van der Waals surface area contributed by atoms with Crippen molar-refractivity contribution in [1.82, 2.24) is 19.2 Å². The molecule has 1 amide bonds. The summed E-state index contributed by atoms with van der Waals surface area (Å²) < 4.78 is 68.1. The Bertz CT molecular complexity index is 2680. The molecule has 6 aromatic rings. The number of nitriles is 1. The quantitative estimate of drug-likeness (QED) is 0.0316. The Morgan fingerprint density at radius 1 is 0.859 bits per heavy atom. The highest BCUT2D eigenvalue weighted by molar-refractivity contribution is 7.44. The van der Waals surface area contributed by atoms with Crippen molar-refractivity contribution in [2.75, 3.05) is 32.8 Å². The minimum atomic E-state index is -2.75. The molecule has 0 saturated carbocycles. The zero-order valence-corrected chi connectivity index (χ0v) is 44.4. The Morgan fingerprint density at radius 3 is 1.96 bits per heavy atom. The van der Waals surface area contributed by atoms with Gasteiger partial charge in [-0.25, -0.2) is 19.0 Å². The summed E-state index contributed by atoms with van der Waals surface area (Å²) in [4.78, 5) is 22.4. The molecule has 1 aliphatic rings. The number of halogens is 1. The van der Waals surface area contributed by atoms with Gasteiger partial charge in [-0.1, -0.05) is 93.6 Å². The monoisotopic (exact) mass is 1000 g/mol. The molecular weight excluding hydrogens is 939 g/mol. The molecule has 376 valence electrons. The van der Waals surface area contributed by atoms with Gasteiger partial charge in [-0.2, -0.15) is 5.26 Å². The van der Waals surface area contributed by atoms with Crippen LogP contribution >= 0.6 is 8.53 Å². The van der Waals surface area contributed by atoms with Crippen LogP contribution in [0.4, 0.5) is 10.2 Å². The number of amides is 1. The lowest BCUT2D eigenvalue weighted by molar-refractivity contribution is -0.0926. The number of nitrogens with zero attached hydrogens (tertiary/aromatic N) is 5. The molecule has 71 heavy (non-hydrogen) atoms. The SMILES string of the molecule is COc1ccc(C(OC[C@H]2O[C@@H](n3cc(F)c4c(NC(=O)c5ccccc5)ncnc43)[C@H](O[Si](C)(C)C(C)(C)C)[C@@H]2OP(OCCC#N)N(C(C)C)C(C)C)(c2ccccc2)c2ccc(OC)cc2)cc1. The van der Waals surface area contributed by atoms with Gasteiger partial charge in [-0.3, -0.25) is 4.79 Å². The van der Waals surface area contributed by atoms with Gasteiger partial charge < -0.3 is 42.3 Å². The van der Waals surface area contributed by atoms with Gasteiger partial charge in [0.1, 0.15) is 47.6 Å². The van der Waals surface area contributed by atoms with Crippen molar-refractivity contribution in [2.24, 2.45) is 0 Å². The third-order valence-electron chi connectivity index (χ3n) is 13.1. The predicted molar refractivity (Wildman–Crippen MR) is 276 cm³/mol. The largest absolute Gasteiger partial charge is 0.497 e. The summed E-state index contributed by atoms with van der Waals surface area (Å²) in [5.74, 6) is 0.215. The van der Waals surface area contributed by atoms with Gasteiger partial charge in [-0.15, -0.1) is 0 Å². The highest BCUT2D eigenvalue weighted by atomic mass is 31.2. The summed E-state index contributed by atoms with van der Waals surface area (Å²) in [6.45, 7) is 19.1. The average molecular weight is 1010 g/mol. The highest BCUT2D eigenvalue weighted by Crippen LogP contribution is 2.53. The van der Waals surface area contributed by atoms with Crippen LogP contribution in [0.15, 0.2) is 122 Å². The molecule has 0 aliphatic carbocycles. The van der Waals surface area contributed by atoms with Crippen LogP contribution in [-0.2, 0) is 28.5 Å². The predicted octanol–water partition coefficient (Wildman–Crippen LogP) is 11.8. The lowest BCUT2D eigenvalue weighted by Crippen LogP contribution is -2.50. The molecule has 1 saturated heterocycles. The summed E-state index contributed by atoms with van der Waals surface area (Å²) >= 11 is 0. The Balaban J connectivity index is 1.43. The molecule has 0 radical (unpaired) electrons. The maximum atomic E-state index is 16.8. The van der Waals surface area contributed by atoms with Crippen LogP contribution in [0.25, 0.3) is 11.0 Å². The number of nitrogens with one attached hydrogen (secondary N) is 1. The lowest BCUT2D eigenvalue weighted by Gasteiger charge is -2.42. The summed E-state index contributed by atoms with van der Waals surface area (Å²) in [6, 6.07) is 36.3. The molecule has 17 heteroatoms. The van der Waals surface area contributed by atoms with Gasteiger partial charge in [0.25, 0.3) is 14.4 Å². The second-order valence-corrected chi connectivity index (χ2v) is 25.6. The summed E-state index contributed by atoms with van der Waals surface area (Å²) in [5, 5.41) is 12.2. The van der Waals surface area contributed by atoms with E-state index in [-0.39, 0.29) is 53.6 Å².